The van der Waals surface area contributed by atoms with E-state index in [1.807, 2.05) is 48.5 Å². The summed E-state index contributed by atoms with van der Waals surface area (Å²) in [5.41, 5.74) is 3.03. The van der Waals surface area contributed by atoms with Gasteiger partial charge in [-0.1, -0.05) is 43.3 Å². The van der Waals surface area contributed by atoms with Crippen molar-refractivity contribution in [2.45, 2.75) is 19.9 Å². The largest absolute Gasteiger partial charge is 0.336 e. The molecular formula is C18H20N2O. The number of hydrogen-bond donors (Lipinski definition) is 0. The molecule has 108 valence electrons. The van der Waals surface area contributed by atoms with Crippen molar-refractivity contribution in [3.8, 4) is 0 Å². The summed E-state index contributed by atoms with van der Waals surface area (Å²) in [6, 6.07) is 15.7. The van der Waals surface area contributed by atoms with Crippen molar-refractivity contribution in [3.05, 3.63) is 72.1 Å². The highest BCUT2D eigenvalue weighted by molar-refractivity contribution is 5.95. The zero-order valence-corrected chi connectivity index (χ0v) is 12.5. The Balaban J connectivity index is 2.09. The van der Waals surface area contributed by atoms with Crippen LogP contribution >= 0.6 is 0 Å². The lowest BCUT2D eigenvalue weighted by molar-refractivity contribution is -0.125. The molecule has 0 spiro atoms. The van der Waals surface area contributed by atoms with Gasteiger partial charge in [-0.05, 0) is 29.7 Å². The van der Waals surface area contributed by atoms with E-state index in [-0.39, 0.29) is 5.91 Å². The SMILES string of the molecule is CC/C(=C/C(=O)N(C)Cc1ccccn1)c1ccccc1. The summed E-state index contributed by atoms with van der Waals surface area (Å²) in [6.07, 6.45) is 4.29. The fraction of sp³-hybridized carbons (Fsp3) is 0.222. The van der Waals surface area contributed by atoms with E-state index in [9.17, 15) is 4.79 Å². The first-order valence-corrected chi connectivity index (χ1v) is 7.11. The van der Waals surface area contributed by atoms with Gasteiger partial charge in [-0.15, -0.1) is 0 Å². The molecule has 1 aromatic carbocycles. The highest BCUT2D eigenvalue weighted by Crippen LogP contribution is 2.17. The second kappa shape index (κ2) is 7.39. The molecule has 2 rings (SSSR count). The zero-order chi connectivity index (χ0) is 15.1. The molecule has 3 nitrogen and oxygen atoms in total. The molecule has 0 atom stereocenters. The predicted octanol–water partition coefficient (Wildman–Crippen LogP) is 3.53. The van der Waals surface area contributed by atoms with Crippen molar-refractivity contribution in [3.63, 3.8) is 0 Å². The fourth-order valence-electron chi connectivity index (χ4n) is 2.11. The number of benzene rings is 1. The number of amides is 1. The number of carbonyl (C=O) groups is 1. The minimum absolute atomic E-state index is 0.00126. The monoisotopic (exact) mass is 280 g/mol. The lowest BCUT2D eigenvalue weighted by atomic mass is 10.0. The summed E-state index contributed by atoms with van der Waals surface area (Å²) >= 11 is 0. The summed E-state index contributed by atoms with van der Waals surface area (Å²) in [7, 11) is 1.80. The molecule has 2 aromatic rings. The second-order valence-electron chi connectivity index (χ2n) is 4.90. The maximum absolute atomic E-state index is 12.3. The van der Waals surface area contributed by atoms with Gasteiger partial charge in [0.25, 0.3) is 0 Å². The molecule has 1 amide bonds. The van der Waals surface area contributed by atoms with Crippen LogP contribution < -0.4 is 0 Å². The van der Waals surface area contributed by atoms with Crippen LogP contribution in [0.15, 0.2) is 60.8 Å². The first-order chi connectivity index (χ1) is 10.2. The van der Waals surface area contributed by atoms with E-state index in [0.717, 1.165) is 23.3 Å². The number of carbonyl (C=O) groups excluding carboxylic acids is 1. The Kier molecular flexibility index (Phi) is 5.27. The number of allylic oxidation sites excluding steroid dienone is 1. The van der Waals surface area contributed by atoms with Gasteiger partial charge >= 0.3 is 0 Å². The first-order valence-electron chi connectivity index (χ1n) is 7.11. The summed E-state index contributed by atoms with van der Waals surface area (Å²) in [6.45, 7) is 2.58. The molecule has 0 radical (unpaired) electrons. The minimum Gasteiger partial charge on any atom is -0.336 e. The number of hydrogen-bond acceptors (Lipinski definition) is 2. The number of aromatic nitrogens is 1. The summed E-state index contributed by atoms with van der Waals surface area (Å²) in [4.78, 5) is 18.2. The number of likely N-dealkylation sites (N-methyl/N-ethyl adjacent to an activating group) is 1. The van der Waals surface area contributed by atoms with Gasteiger partial charge in [0.1, 0.15) is 0 Å². The van der Waals surface area contributed by atoms with Crippen molar-refractivity contribution in [2.75, 3.05) is 7.05 Å². The lowest BCUT2D eigenvalue weighted by Crippen LogP contribution is -2.25. The van der Waals surface area contributed by atoms with Crippen LogP contribution in [0.3, 0.4) is 0 Å². The van der Waals surface area contributed by atoms with E-state index in [0.29, 0.717) is 6.54 Å². The van der Waals surface area contributed by atoms with E-state index in [4.69, 9.17) is 0 Å². The molecule has 0 aliphatic carbocycles. The number of nitrogens with zero attached hydrogens (tertiary/aromatic N) is 2. The molecule has 0 aliphatic heterocycles. The van der Waals surface area contributed by atoms with Crippen LogP contribution in [-0.2, 0) is 11.3 Å². The summed E-state index contributed by atoms with van der Waals surface area (Å²) < 4.78 is 0. The molecule has 3 heteroatoms. The smallest absolute Gasteiger partial charge is 0.246 e. The standard InChI is InChI=1S/C18H20N2O/c1-3-15(16-9-5-4-6-10-16)13-18(21)20(2)14-17-11-7-8-12-19-17/h4-13H,3,14H2,1-2H3/b15-13-. The van der Waals surface area contributed by atoms with Gasteiger partial charge in [-0.25, -0.2) is 0 Å². The van der Waals surface area contributed by atoms with Gasteiger partial charge in [0.15, 0.2) is 0 Å². The third-order valence-corrected chi connectivity index (χ3v) is 3.32. The van der Waals surface area contributed by atoms with Crippen molar-refractivity contribution in [1.82, 2.24) is 9.88 Å². The van der Waals surface area contributed by atoms with E-state index in [2.05, 4.69) is 11.9 Å². The Morgan fingerprint density at radius 2 is 1.86 bits per heavy atom. The molecule has 1 aromatic heterocycles. The Hall–Kier alpha value is -2.42. The maximum Gasteiger partial charge on any atom is 0.246 e. The normalized spacial score (nSPS) is 11.2. The average molecular weight is 280 g/mol. The summed E-state index contributed by atoms with van der Waals surface area (Å²) in [5.74, 6) is 0.00126. The predicted molar refractivity (Wildman–Crippen MR) is 85.4 cm³/mol. The molecule has 0 unspecified atom stereocenters. The molecule has 0 aliphatic rings. The van der Waals surface area contributed by atoms with E-state index >= 15 is 0 Å². The molecular weight excluding hydrogens is 260 g/mol. The topological polar surface area (TPSA) is 33.2 Å². The molecule has 0 N–H and O–H groups in total. The second-order valence-corrected chi connectivity index (χ2v) is 4.90. The van der Waals surface area contributed by atoms with Crippen LogP contribution in [0.4, 0.5) is 0 Å². The third-order valence-electron chi connectivity index (χ3n) is 3.32. The molecule has 1 heterocycles. The van der Waals surface area contributed by atoms with Crippen LogP contribution in [0.25, 0.3) is 5.57 Å². The van der Waals surface area contributed by atoms with Crippen molar-refractivity contribution in [2.24, 2.45) is 0 Å². The van der Waals surface area contributed by atoms with Gasteiger partial charge < -0.3 is 4.90 Å². The quantitative estimate of drug-likeness (QED) is 0.785. The van der Waals surface area contributed by atoms with Crippen LogP contribution in [0, 0.1) is 0 Å². The van der Waals surface area contributed by atoms with Crippen molar-refractivity contribution >= 4 is 11.5 Å². The molecule has 0 saturated heterocycles. The van der Waals surface area contributed by atoms with Gasteiger partial charge in [0.05, 0.1) is 12.2 Å². The van der Waals surface area contributed by atoms with Gasteiger partial charge in [0.2, 0.25) is 5.91 Å². The summed E-state index contributed by atoms with van der Waals surface area (Å²) in [5, 5.41) is 0. The van der Waals surface area contributed by atoms with E-state index in [1.165, 1.54) is 0 Å². The van der Waals surface area contributed by atoms with E-state index < -0.39 is 0 Å². The van der Waals surface area contributed by atoms with E-state index in [1.54, 1.807) is 24.2 Å². The van der Waals surface area contributed by atoms with Crippen molar-refractivity contribution in [1.29, 1.82) is 0 Å². The Morgan fingerprint density at radius 3 is 2.48 bits per heavy atom. The lowest BCUT2D eigenvalue weighted by Gasteiger charge is -2.15. The van der Waals surface area contributed by atoms with Crippen LogP contribution in [0.5, 0.6) is 0 Å². The zero-order valence-electron chi connectivity index (χ0n) is 12.5. The van der Waals surface area contributed by atoms with Crippen molar-refractivity contribution < 1.29 is 4.79 Å². The van der Waals surface area contributed by atoms with Crippen LogP contribution in [0.1, 0.15) is 24.6 Å². The highest BCUT2D eigenvalue weighted by atomic mass is 16.2. The Morgan fingerprint density at radius 1 is 1.14 bits per heavy atom. The number of pyridine rings is 1. The van der Waals surface area contributed by atoms with Gasteiger partial charge in [-0.3, -0.25) is 9.78 Å². The average Bonchev–Trinajstić information content (AvgIpc) is 2.54. The Bertz CT molecular complexity index is 606. The first kappa shape index (κ1) is 15.0. The fourth-order valence-corrected chi connectivity index (χ4v) is 2.11. The molecule has 0 fully saturated rings. The van der Waals surface area contributed by atoms with Gasteiger partial charge in [-0.2, -0.15) is 0 Å². The number of rotatable bonds is 5. The van der Waals surface area contributed by atoms with Crippen LogP contribution in [0.2, 0.25) is 0 Å². The molecule has 21 heavy (non-hydrogen) atoms. The minimum atomic E-state index is 0.00126. The maximum atomic E-state index is 12.3. The third kappa shape index (κ3) is 4.28. The van der Waals surface area contributed by atoms with Crippen LogP contribution in [-0.4, -0.2) is 22.8 Å². The Labute approximate surface area is 125 Å². The molecule has 0 saturated carbocycles. The molecule has 0 bridgehead atoms. The highest BCUT2D eigenvalue weighted by Gasteiger charge is 2.09. The van der Waals surface area contributed by atoms with Gasteiger partial charge in [0, 0.05) is 19.3 Å².